The van der Waals surface area contributed by atoms with Crippen LogP contribution in [0.25, 0.3) is 4.96 Å². The van der Waals surface area contributed by atoms with E-state index in [9.17, 15) is 9.59 Å². The van der Waals surface area contributed by atoms with Crippen molar-refractivity contribution in [2.75, 3.05) is 5.32 Å². The molecule has 21 heavy (non-hydrogen) atoms. The van der Waals surface area contributed by atoms with Gasteiger partial charge in [-0.05, 0) is 18.4 Å². The van der Waals surface area contributed by atoms with Crippen molar-refractivity contribution in [3.8, 4) is 0 Å². The third kappa shape index (κ3) is 2.67. The normalized spacial score (nSPS) is 10.9. The topological polar surface area (TPSA) is 89.5 Å². The molecule has 0 bridgehead atoms. The highest BCUT2D eigenvalue weighted by molar-refractivity contribution is 7.17. The number of aryl methyl sites for hydroxylation is 1. The second-order valence-corrected chi connectivity index (χ2v) is 6.51. The highest BCUT2D eigenvalue weighted by Gasteiger charge is 2.14. The van der Waals surface area contributed by atoms with Gasteiger partial charge >= 0.3 is 0 Å². The van der Waals surface area contributed by atoms with E-state index >= 15 is 0 Å². The van der Waals surface area contributed by atoms with Crippen molar-refractivity contribution in [2.45, 2.75) is 13.3 Å². The maximum atomic E-state index is 12.1. The first-order valence-electron chi connectivity index (χ1n) is 6.14. The van der Waals surface area contributed by atoms with Gasteiger partial charge in [0.05, 0.1) is 12.0 Å². The molecule has 0 saturated heterocycles. The minimum atomic E-state index is -0.545. The fraction of sp³-hybridized carbons (Fsp3) is 0.154. The number of nitrogens with zero attached hydrogens (tertiary/aromatic N) is 2. The Bertz CT molecular complexity index is 830. The van der Waals surface area contributed by atoms with Crippen molar-refractivity contribution in [3.05, 3.63) is 40.0 Å². The van der Waals surface area contributed by atoms with Gasteiger partial charge < -0.3 is 11.1 Å². The monoisotopic (exact) mass is 320 g/mol. The zero-order chi connectivity index (χ0) is 15.0. The lowest BCUT2D eigenvalue weighted by molar-refractivity contribution is -0.115. The van der Waals surface area contributed by atoms with E-state index in [-0.39, 0.29) is 12.3 Å². The third-order valence-corrected chi connectivity index (χ3v) is 4.79. The summed E-state index contributed by atoms with van der Waals surface area (Å²) in [6, 6.07) is 1.60. The third-order valence-electron chi connectivity index (χ3n) is 2.96. The van der Waals surface area contributed by atoms with E-state index in [4.69, 9.17) is 5.73 Å². The number of aromatic nitrogens is 2. The molecular formula is C13H12N4O2S2. The first-order chi connectivity index (χ1) is 10.0. The quantitative estimate of drug-likeness (QED) is 0.771. The van der Waals surface area contributed by atoms with E-state index < -0.39 is 5.91 Å². The van der Waals surface area contributed by atoms with Crippen LogP contribution in [0.1, 0.15) is 20.9 Å². The minimum Gasteiger partial charge on any atom is -0.366 e. The van der Waals surface area contributed by atoms with Gasteiger partial charge in [-0.1, -0.05) is 0 Å². The van der Waals surface area contributed by atoms with Gasteiger partial charge in [0.25, 0.3) is 5.91 Å². The molecule has 0 atom stereocenters. The number of carbonyl (C=O) groups is 2. The second-order valence-electron chi connectivity index (χ2n) is 4.50. The van der Waals surface area contributed by atoms with Gasteiger partial charge in [0.1, 0.15) is 5.00 Å². The van der Waals surface area contributed by atoms with E-state index in [2.05, 4.69) is 10.3 Å². The van der Waals surface area contributed by atoms with Crippen molar-refractivity contribution >= 4 is 44.4 Å². The minimum absolute atomic E-state index is 0.179. The van der Waals surface area contributed by atoms with Crippen molar-refractivity contribution < 1.29 is 9.59 Å². The van der Waals surface area contributed by atoms with Crippen LogP contribution in [-0.2, 0) is 11.2 Å². The van der Waals surface area contributed by atoms with Crippen molar-refractivity contribution in [3.63, 3.8) is 0 Å². The maximum absolute atomic E-state index is 12.1. The van der Waals surface area contributed by atoms with Crippen LogP contribution < -0.4 is 11.1 Å². The van der Waals surface area contributed by atoms with Crippen LogP contribution in [-0.4, -0.2) is 21.2 Å². The summed E-state index contributed by atoms with van der Waals surface area (Å²) in [5, 5.41) is 4.94. The number of nitrogens with two attached hydrogens (primary N) is 1. The Morgan fingerprint density at radius 2 is 2.29 bits per heavy atom. The highest BCUT2D eigenvalue weighted by Crippen LogP contribution is 2.24. The van der Waals surface area contributed by atoms with Crippen molar-refractivity contribution in [1.29, 1.82) is 0 Å². The Kier molecular flexibility index (Phi) is 3.48. The molecule has 0 radical (unpaired) electrons. The average Bonchev–Trinajstić information content (AvgIpc) is 3.08. The predicted molar refractivity (Wildman–Crippen MR) is 83.0 cm³/mol. The lowest BCUT2D eigenvalue weighted by Gasteiger charge is -2.03. The van der Waals surface area contributed by atoms with Crippen LogP contribution in [0.2, 0.25) is 0 Å². The van der Waals surface area contributed by atoms with Crippen molar-refractivity contribution in [1.82, 2.24) is 9.38 Å². The largest absolute Gasteiger partial charge is 0.366 e. The lowest BCUT2D eigenvalue weighted by atomic mass is 10.3. The molecule has 3 rings (SSSR count). The standard InChI is InChI=1S/C13H12N4O2S2/c1-7-5-15-13-17(7)6-8(21-13)4-10(18)16-12-9(11(14)19)2-3-20-12/h2-3,5-6H,4H2,1H3,(H2,14,19)(H,16,18). The lowest BCUT2D eigenvalue weighted by Crippen LogP contribution is -2.17. The number of imidazole rings is 1. The molecule has 2 amide bonds. The maximum Gasteiger partial charge on any atom is 0.251 e. The molecule has 3 heterocycles. The van der Waals surface area contributed by atoms with Gasteiger partial charge in [-0.3, -0.25) is 14.0 Å². The zero-order valence-electron chi connectivity index (χ0n) is 11.1. The molecule has 0 unspecified atom stereocenters. The van der Waals surface area contributed by atoms with E-state index in [0.717, 1.165) is 15.5 Å². The van der Waals surface area contributed by atoms with E-state index in [1.807, 2.05) is 17.5 Å². The summed E-state index contributed by atoms with van der Waals surface area (Å²) in [5.74, 6) is -0.723. The van der Waals surface area contributed by atoms with Gasteiger partial charge in [0, 0.05) is 23.0 Å². The molecule has 0 aromatic carbocycles. The number of amides is 2. The van der Waals surface area contributed by atoms with E-state index in [1.54, 1.807) is 17.6 Å². The Hall–Kier alpha value is -2.19. The summed E-state index contributed by atoms with van der Waals surface area (Å²) in [6.07, 6.45) is 3.94. The molecule has 3 N–H and O–H groups in total. The number of hydrogen-bond acceptors (Lipinski definition) is 5. The summed E-state index contributed by atoms with van der Waals surface area (Å²) >= 11 is 2.75. The van der Waals surface area contributed by atoms with Crippen molar-refractivity contribution in [2.24, 2.45) is 5.73 Å². The number of anilines is 1. The smallest absolute Gasteiger partial charge is 0.251 e. The molecule has 0 fully saturated rings. The van der Waals surface area contributed by atoms with Crippen LogP contribution in [0.3, 0.4) is 0 Å². The molecule has 8 heteroatoms. The number of nitrogens with one attached hydrogen (secondary N) is 1. The molecule has 0 aliphatic carbocycles. The summed E-state index contributed by atoms with van der Waals surface area (Å²) in [5.41, 5.74) is 6.62. The number of primary amides is 1. The van der Waals surface area contributed by atoms with Gasteiger partial charge in [-0.25, -0.2) is 4.98 Å². The molecular weight excluding hydrogens is 308 g/mol. The van der Waals surface area contributed by atoms with E-state index in [1.165, 1.54) is 22.7 Å². The average molecular weight is 320 g/mol. The van der Waals surface area contributed by atoms with E-state index in [0.29, 0.717) is 10.6 Å². The number of fused-ring (bicyclic) bond motifs is 1. The number of thiazole rings is 1. The molecule has 0 aliphatic rings. The summed E-state index contributed by atoms with van der Waals surface area (Å²) < 4.78 is 1.95. The molecule has 0 spiro atoms. The summed E-state index contributed by atoms with van der Waals surface area (Å²) in [6.45, 7) is 1.96. The molecule has 3 aromatic rings. The molecule has 6 nitrogen and oxygen atoms in total. The Balaban J connectivity index is 1.74. The first kappa shape index (κ1) is 13.8. The Labute approximate surface area is 128 Å². The van der Waals surface area contributed by atoms with Crippen LogP contribution in [0.15, 0.2) is 23.8 Å². The predicted octanol–water partition coefficient (Wildman–Crippen LogP) is 2.05. The molecule has 108 valence electrons. The van der Waals surface area contributed by atoms with Gasteiger partial charge in [0.2, 0.25) is 5.91 Å². The number of rotatable bonds is 4. The fourth-order valence-corrected chi connectivity index (χ4v) is 3.76. The molecule has 0 aliphatic heterocycles. The van der Waals surface area contributed by atoms with Gasteiger partial charge in [-0.15, -0.1) is 22.7 Å². The number of thiophene rings is 1. The van der Waals surface area contributed by atoms with Crippen LogP contribution in [0.5, 0.6) is 0 Å². The first-order valence-corrected chi connectivity index (χ1v) is 7.83. The van der Waals surface area contributed by atoms with Gasteiger partial charge in [-0.2, -0.15) is 0 Å². The van der Waals surface area contributed by atoms with Crippen LogP contribution >= 0.6 is 22.7 Å². The second kappa shape index (κ2) is 5.30. The Morgan fingerprint density at radius 1 is 1.48 bits per heavy atom. The zero-order valence-corrected chi connectivity index (χ0v) is 12.8. The Morgan fingerprint density at radius 3 is 3.00 bits per heavy atom. The summed E-state index contributed by atoms with van der Waals surface area (Å²) in [7, 11) is 0. The number of hydrogen-bond donors (Lipinski definition) is 2. The van der Waals surface area contributed by atoms with Crippen LogP contribution in [0.4, 0.5) is 5.00 Å². The molecule has 3 aromatic heterocycles. The molecule has 0 saturated carbocycles. The SMILES string of the molecule is Cc1cnc2sc(CC(=O)Nc3sccc3C(N)=O)cn12. The summed E-state index contributed by atoms with van der Waals surface area (Å²) in [4.78, 5) is 29.3. The fourth-order valence-electron chi connectivity index (χ4n) is 1.95. The number of carbonyl (C=O) groups excluding carboxylic acids is 2. The highest BCUT2D eigenvalue weighted by atomic mass is 32.1. The van der Waals surface area contributed by atoms with Gasteiger partial charge in [0.15, 0.2) is 4.96 Å². The van der Waals surface area contributed by atoms with Crippen LogP contribution in [0, 0.1) is 6.92 Å².